The molecule has 7 heteroatoms. The maximum Gasteiger partial charge on any atom is 0.320 e. The molecule has 1 N–H and O–H groups in total. The van der Waals surface area contributed by atoms with Gasteiger partial charge >= 0.3 is 5.97 Å². The molecule has 1 saturated heterocycles. The minimum atomic E-state index is -2.91. The van der Waals surface area contributed by atoms with Crippen molar-refractivity contribution in [3.8, 4) is 0 Å². The third-order valence-electron chi connectivity index (χ3n) is 2.50. The summed E-state index contributed by atoms with van der Waals surface area (Å²) in [6, 6.07) is -0.134. The van der Waals surface area contributed by atoms with Gasteiger partial charge in [-0.2, -0.15) is 0 Å². The lowest BCUT2D eigenvalue weighted by Crippen LogP contribution is -2.36. The summed E-state index contributed by atoms with van der Waals surface area (Å²) in [7, 11) is -1.38. The van der Waals surface area contributed by atoms with Crippen molar-refractivity contribution >= 4 is 15.8 Å². The van der Waals surface area contributed by atoms with Crippen molar-refractivity contribution in [2.24, 2.45) is 0 Å². The second-order valence-electron chi connectivity index (χ2n) is 4.24. The lowest BCUT2D eigenvalue weighted by molar-refractivity contribution is -0.149. The third kappa shape index (κ3) is 5.47. The Kier molecular flexibility index (Phi) is 5.35. The summed E-state index contributed by atoms with van der Waals surface area (Å²) >= 11 is 0. The van der Waals surface area contributed by atoms with E-state index in [1.54, 1.807) is 6.92 Å². The number of ether oxygens (including phenoxy) is 2. The van der Waals surface area contributed by atoms with Crippen LogP contribution in [0.3, 0.4) is 0 Å². The minimum absolute atomic E-state index is 0.0360. The third-order valence-corrected chi connectivity index (χ3v) is 4.27. The molecule has 0 spiro atoms. The predicted octanol–water partition coefficient (Wildman–Crippen LogP) is -0.659. The van der Waals surface area contributed by atoms with E-state index in [0.717, 1.165) is 0 Å². The van der Waals surface area contributed by atoms with Crippen molar-refractivity contribution < 1.29 is 22.7 Å². The van der Waals surface area contributed by atoms with Crippen LogP contribution in [-0.4, -0.2) is 58.3 Å². The molecule has 0 saturated carbocycles. The molecule has 2 unspecified atom stereocenters. The number of rotatable bonds is 6. The highest BCUT2D eigenvalue weighted by molar-refractivity contribution is 7.91. The fraction of sp³-hybridized carbons (Fsp3) is 0.900. The Morgan fingerprint density at radius 3 is 2.76 bits per heavy atom. The van der Waals surface area contributed by atoms with Gasteiger partial charge in [0.25, 0.3) is 0 Å². The number of methoxy groups -OCH3 is 1. The van der Waals surface area contributed by atoms with E-state index in [0.29, 0.717) is 13.0 Å². The summed E-state index contributed by atoms with van der Waals surface area (Å²) in [6.07, 6.45) is 0.269. The van der Waals surface area contributed by atoms with Gasteiger partial charge in [-0.25, -0.2) is 8.42 Å². The zero-order valence-electron chi connectivity index (χ0n) is 10.1. The topological polar surface area (TPSA) is 81.7 Å². The van der Waals surface area contributed by atoms with E-state index in [1.165, 1.54) is 7.11 Å². The number of hydrogen-bond acceptors (Lipinski definition) is 6. The lowest BCUT2D eigenvalue weighted by atomic mass is 10.3. The quantitative estimate of drug-likeness (QED) is 0.642. The van der Waals surface area contributed by atoms with E-state index in [1.807, 2.05) is 0 Å². The molecule has 2 atom stereocenters. The first-order valence-corrected chi connectivity index (χ1v) is 7.37. The summed E-state index contributed by atoms with van der Waals surface area (Å²) < 4.78 is 32.2. The molecule has 17 heavy (non-hydrogen) atoms. The smallest absolute Gasteiger partial charge is 0.320 e. The molecule has 1 heterocycles. The highest BCUT2D eigenvalue weighted by Crippen LogP contribution is 2.10. The molecule has 100 valence electrons. The Morgan fingerprint density at radius 1 is 1.53 bits per heavy atom. The highest BCUT2D eigenvalue weighted by atomic mass is 32.2. The van der Waals surface area contributed by atoms with Crippen LogP contribution in [0.15, 0.2) is 0 Å². The van der Waals surface area contributed by atoms with Gasteiger partial charge in [0.1, 0.15) is 6.10 Å². The molecule has 1 fully saturated rings. The van der Waals surface area contributed by atoms with Crippen molar-refractivity contribution in [3.05, 3.63) is 0 Å². The summed E-state index contributed by atoms with van der Waals surface area (Å²) in [5.41, 5.74) is 0. The molecule has 1 aliphatic heterocycles. The average Bonchev–Trinajstić information content (AvgIpc) is 2.55. The van der Waals surface area contributed by atoms with Crippen molar-refractivity contribution in [2.45, 2.75) is 25.5 Å². The van der Waals surface area contributed by atoms with Crippen LogP contribution in [0.2, 0.25) is 0 Å². The van der Waals surface area contributed by atoms with Crippen LogP contribution in [0.25, 0.3) is 0 Å². The molecule has 0 radical (unpaired) electrons. The SMILES string of the molecule is COCC(C)OC(=O)CNC1CCS(=O)(=O)C1. The Balaban J connectivity index is 2.20. The highest BCUT2D eigenvalue weighted by Gasteiger charge is 2.27. The fourth-order valence-electron chi connectivity index (χ4n) is 1.72. The number of hydrogen-bond donors (Lipinski definition) is 1. The van der Waals surface area contributed by atoms with Crippen LogP contribution in [0, 0.1) is 0 Å². The average molecular weight is 265 g/mol. The molecule has 0 bridgehead atoms. The van der Waals surface area contributed by atoms with E-state index in [2.05, 4.69) is 5.32 Å². The van der Waals surface area contributed by atoms with Gasteiger partial charge in [0.05, 0.1) is 24.7 Å². The second-order valence-corrected chi connectivity index (χ2v) is 6.47. The summed E-state index contributed by atoms with van der Waals surface area (Å²) in [5, 5.41) is 2.89. The molecular formula is C10H19NO5S. The van der Waals surface area contributed by atoms with Crippen molar-refractivity contribution in [1.82, 2.24) is 5.32 Å². The number of nitrogens with one attached hydrogen (secondary N) is 1. The Hall–Kier alpha value is -0.660. The van der Waals surface area contributed by atoms with E-state index < -0.39 is 9.84 Å². The van der Waals surface area contributed by atoms with Crippen molar-refractivity contribution in [1.29, 1.82) is 0 Å². The Bertz CT molecular complexity index is 354. The van der Waals surface area contributed by atoms with Gasteiger partial charge in [-0.05, 0) is 13.3 Å². The van der Waals surface area contributed by atoms with Crippen LogP contribution < -0.4 is 5.32 Å². The van der Waals surface area contributed by atoms with Gasteiger partial charge in [0.15, 0.2) is 9.84 Å². The predicted molar refractivity (Wildman–Crippen MR) is 62.5 cm³/mol. The van der Waals surface area contributed by atoms with Crippen LogP contribution in [0.4, 0.5) is 0 Å². The van der Waals surface area contributed by atoms with Gasteiger partial charge in [-0.3, -0.25) is 4.79 Å². The minimum Gasteiger partial charge on any atom is -0.459 e. The molecule has 0 aromatic carbocycles. The normalized spacial score (nSPS) is 24.5. The van der Waals surface area contributed by atoms with E-state index in [-0.39, 0.29) is 36.2 Å². The molecule has 0 amide bonds. The van der Waals surface area contributed by atoms with E-state index in [9.17, 15) is 13.2 Å². The summed E-state index contributed by atoms with van der Waals surface area (Å²) in [6.45, 7) is 2.12. The van der Waals surface area contributed by atoms with E-state index >= 15 is 0 Å². The number of carbonyl (C=O) groups is 1. The standard InChI is InChI=1S/C10H19NO5S/c1-8(6-15-2)16-10(12)5-11-9-3-4-17(13,14)7-9/h8-9,11H,3-7H2,1-2H3. The monoisotopic (exact) mass is 265 g/mol. The first-order valence-electron chi connectivity index (χ1n) is 5.55. The summed E-state index contributed by atoms with van der Waals surface area (Å²) in [5.74, 6) is -0.0907. The molecule has 1 aliphatic rings. The van der Waals surface area contributed by atoms with Crippen LogP contribution >= 0.6 is 0 Å². The zero-order chi connectivity index (χ0) is 12.9. The molecule has 0 aromatic rings. The maximum absolute atomic E-state index is 11.4. The largest absolute Gasteiger partial charge is 0.459 e. The molecule has 0 aliphatic carbocycles. The van der Waals surface area contributed by atoms with Gasteiger partial charge in [0, 0.05) is 13.2 Å². The molecule has 0 aromatic heterocycles. The molecule has 6 nitrogen and oxygen atoms in total. The second kappa shape index (κ2) is 6.32. The Morgan fingerprint density at radius 2 is 2.24 bits per heavy atom. The van der Waals surface area contributed by atoms with Crippen molar-refractivity contribution in [2.75, 3.05) is 31.8 Å². The van der Waals surface area contributed by atoms with Crippen LogP contribution in [0.1, 0.15) is 13.3 Å². The Labute approximate surface area is 102 Å². The van der Waals surface area contributed by atoms with E-state index in [4.69, 9.17) is 9.47 Å². The van der Waals surface area contributed by atoms with Crippen molar-refractivity contribution in [3.63, 3.8) is 0 Å². The number of carbonyl (C=O) groups excluding carboxylic acids is 1. The molecule has 1 rings (SSSR count). The number of esters is 1. The number of sulfone groups is 1. The molecular weight excluding hydrogens is 246 g/mol. The fourth-order valence-corrected chi connectivity index (χ4v) is 3.43. The first kappa shape index (κ1) is 14.4. The maximum atomic E-state index is 11.4. The van der Waals surface area contributed by atoms with Crippen LogP contribution in [0.5, 0.6) is 0 Å². The lowest BCUT2D eigenvalue weighted by Gasteiger charge is -2.14. The van der Waals surface area contributed by atoms with Gasteiger partial charge in [-0.1, -0.05) is 0 Å². The van der Waals surface area contributed by atoms with Gasteiger partial charge < -0.3 is 14.8 Å². The first-order chi connectivity index (χ1) is 7.93. The zero-order valence-corrected chi connectivity index (χ0v) is 11.0. The van der Waals surface area contributed by atoms with Gasteiger partial charge in [-0.15, -0.1) is 0 Å². The summed E-state index contributed by atoms with van der Waals surface area (Å²) in [4.78, 5) is 11.4. The van der Waals surface area contributed by atoms with Gasteiger partial charge in [0.2, 0.25) is 0 Å². The van der Waals surface area contributed by atoms with Crippen LogP contribution in [-0.2, 0) is 24.1 Å².